The van der Waals surface area contributed by atoms with E-state index in [4.69, 9.17) is 15.0 Å². The highest BCUT2D eigenvalue weighted by molar-refractivity contribution is 5.78. The lowest BCUT2D eigenvalue weighted by atomic mass is 10.2. The van der Waals surface area contributed by atoms with Gasteiger partial charge in [0, 0.05) is 11.5 Å². The molecule has 7 heteroatoms. The zero-order chi connectivity index (χ0) is 12.1. The van der Waals surface area contributed by atoms with Crippen molar-refractivity contribution in [1.29, 1.82) is 0 Å². The maximum absolute atomic E-state index is 11.2. The van der Waals surface area contributed by atoms with Crippen molar-refractivity contribution in [2.24, 2.45) is 5.11 Å². The van der Waals surface area contributed by atoms with E-state index in [1.54, 1.807) is 12.1 Å². The summed E-state index contributed by atoms with van der Waals surface area (Å²) in [5.74, 6) is 1.06. The van der Waals surface area contributed by atoms with Crippen molar-refractivity contribution >= 4 is 5.91 Å². The Bertz CT molecular complexity index is 482. The van der Waals surface area contributed by atoms with E-state index in [2.05, 4.69) is 15.3 Å². The van der Waals surface area contributed by atoms with Gasteiger partial charge in [0.15, 0.2) is 11.5 Å². The Hall–Kier alpha value is -2.40. The summed E-state index contributed by atoms with van der Waals surface area (Å²) in [5, 5.41) is 5.79. The lowest BCUT2D eigenvalue weighted by Gasteiger charge is -2.04. The number of nitrogens with zero attached hydrogens (tertiary/aromatic N) is 3. The first-order valence-electron chi connectivity index (χ1n) is 4.95. The van der Waals surface area contributed by atoms with Crippen molar-refractivity contribution in [3.05, 3.63) is 34.2 Å². The minimum absolute atomic E-state index is 0.193. The molecule has 1 N–H and O–H groups in total. The summed E-state index contributed by atoms with van der Waals surface area (Å²) in [6.07, 6.45) is 0. The summed E-state index contributed by atoms with van der Waals surface area (Å²) in [7, 11) is 0. The summed E-state index contributed by atoms with van der Waals surface area (Å²) in [6, 6.07) is 5.43. The van der Waals surface area contributed by atoms with Gasteiger partial charge in [-0.25, -0.2) is 0 Å². The first-order valence-corrected chi connectivity index (χ1v) is 4.95. The van der Waals surface area contributed by atoms with Crippen LogP contribution in [-0.2, 0) is 11.3 Å². The minimum atomic E-state index is -0.319. The Morgan fingerprint density at radius 1 is 1.47 bits per heavy atom. The highest BCUT2D eigenvalue weighted by atomic mass is 16.7. The van der Waals surface area contributed by atoms with Gasteiger partial charge in [0.05, 0.1) is 0 Å². The molecule has 0 saturated carbocycles. The molecule has 0 unspecified atom stereocenters. The Morgan fingerprint density at radius 2 is 2.29 bits per heavy atom. The quantitative estimate of drug-likeness (QED) is 0.483. The third-order valence-electron chi connectivity index (χ3n) is 2.20. The molecule has 0 saturated heterocycles. The predicted octanol–water partition coefficient (Wildman–Crippen LogP) is 1.34. The predicted molar refractivity (Wildman–Crippen MR) is 58.4 cm³/mol. The Labute approximate surface area is 97.0 Å². The van der Waals surface area contributed by atoms with Crippen molar-refractivity contribution in [1.82, 2.24) is 5.32 Å². The summed E-state index contributed by atoms with van der Waals surface area (Å²) in [4.78, 5) is 13.7. The number of ether oxygens (including phenoxy) is 2. The number of amides is 1. The van der Waals surface area contributed by atoms with E-state index in [0.717, 1.165) is 5.56 Å². The van der Waals surface area contributed by atoms with E-state index < -0.39 is 0 Å². The average Bonchev–Trinajstić information content (AvgIpc) is 2.81. The van der Waals surface area contributed by atoms with Gasteiger partial charge in [-0.15, -0.1) is 0 Å². The zero-order valence-corrected chi connectivity index (χ0v) is 8.92. The smallest absolute Gasteiger partial charge is 0.231 e. The van der Waals surface area contributed by atoms with Crippen LogP contribution in [0.5, 0.6) is 11.5 Å². The summed E-state index contributed by atoms with van der Waals surface area (Å²) in [6.45, 7) is 0.388. The molecule has 0 atom stereocenters. The molecule has 17 heavy (non-hydrogen) atoms. The normalized spacial score (nSPS) is 11.8. The second-order valence-electron chi connectivity index (χ2n) is 3.35. The van der Waals surface area contributed by atoms with E-state index in [1.807, 2.05) is 6.07 Å². The molecule has 0 aliphatic carbocycles. The Morgan fingerprint density at radius 3 is 3.12 bits per heavy atom. The van der Waals surface area contributed by atoms with Crippen molar-refractivity contribution < 1.29 is 14.3 Å². The van der Waals surface area contributed by atoms with Crippen LogP contribution in [0.4, 0.5) is 0 Å². The number of carbonyl (C=O) groups is 1. The van der Waals surface area contributed by atoms with Gasteiger partial charge in [-0.2, -0.15) is 0 Å². The van der Waals surface area contributed by atoms with E-state index in [-0.39, 0.29) is 19.2 Å². The molecular formula is C10H10N4O3. The SMILES string of the molecule is [N-]=[N+]=NCC(=O)NCc1ccc2c(c1)OCO2. The molecule has 1 amide bonds. The van der Waals surface area contributed by atoms with E-state index in [9.17, 15) is 4.79 Å². The van der Waals surface area contributed by atoms with Crippen LogP contribution in [0.15, 0.2) is 23.3 Å². The van der Waals surface area contributed by atoms with Crippen LogP contribution in [-0.4, -0.2) is 19.2 Å². The molecule has 0 bridgehead atoms. The first kappa shape index (κ1) is 11.1. The number of fused-ring (bicyclic) bond motifs is 1. The van der Waals surface area contributed by atoms with Gasteiger partial charge < -0.3 is 14.8 Å². The molecule has 88 valence electrons. The number of rotatable bonds is 4. The standard InChI is InChI=1S/C10H10N4O3/c11-14-13-5-10(15)12-4-7-1-2-8-9(3-7)17-6-16-8/h1-3H,4-6H2,(H,12,15). The largest absolute Gasteiger partial charge is 0.454 e. The molecular weight excluding hydrogens is 224 g/mol. The fourth-order valence-electron chi connectivity index (χ4n) is 1.40. The zero-order valence-electron chi connectivity index (χ0n) is 8.92. The van der Waals surface area contributed by atoms with Gasteiger partial charge in [0.2, 0.25) is 12.7 Å². The number of hydrogen-bond acceptors (Lipinski definition) is 4. The fraction of sp³-hybridized carbons (Fsp3) is 0.300. The fourth-order valence-corrected chi connectivity index (χ4v) is 1.40. The van der Waals surface area contributed by atoms with Crippen LogP contribution in [0.25, 0.3) is 10.4 Å². The molecule has 1 aliphatic rings. The first-order chi connectivity index (χ1) is 8.29. The highest BCUT2D eigenvalue weighted by Crippen LogP contribution is 2.32. The summed E-state index contributed by atoms with van der Waals surface area (Å²) >= 11 is 0. The molecule has 1 aliphatic heterocycles. The Balaban J connectivity index is 1.91. The second kappa shape index (κ2) is 5.09. The Kier molecular flexibility index (Phi) is 3.32. The topological polar surface area (TPSA) is 96.3 Å². The molecule has 2 rings (SSSR count). The van der Waals surface area contributed by atoms with Gasteiger partial charge in [-0.1, -0.05) is 11.2 Å². The van der Waals surface area contributed by atoms with Gasteiger partial charge in [-0.3, -0.25) is 4.79 Å². The van der Waals surface area contributed by atoms with Crippen LogP contribution in [0.1, 0.15) is 5.56 Å². The van der Waals surface area contributed by atoms with Gasteiger partial charge in [-0.05, 0) is 23.2 Å². The van der Waals surface area contributed by atoms with Crippen LogP contribution < -0.4 is 14.8 Å². The molecule has 7 nitrogen and oxygen atoms in total. The molecule has 0 fully saturated rings. The second-order valence-corrected chi connectivity index (χ2v) is 3.35. The van der Waals surface area contributed by atoms with Crippen molar-refractivity contribution in [2.75, 3.05) is 13.3 Å². The van der Waals surface area contributed by atoms with Crippen molar-refractivity contribution in [2.45, 2.75) is 6.54 Å². The number of azide groups is 1. The van der Waals surface area contributed by atoms with Crippen LogP contribution in [0, 0.1) is 0 Å². The molecule has 0 radical (unpaired) electrons. The maximum atomic E-state index is 11.2. The van der Waals surface area contributed by atoms with Gasteiger partial charge in [0.1, 0.15) is 6.54 Å². The van der Waals surface area contributed by atoms with Crippen molar-refractivity contribution in [3.63, 3.8) is 0 Å². The van der Waals surface area contributed by atoms with E-state index in [1.165, 1.54) is 0 Å². The summed E-state index contributed by atoms with van der Waals surface area (Å²) < 4.78 is 10.4. The summed E-state index contributed by atoms with van der Waals surface area (Å²) in [5.41, 5.74) is 8.95. The number of carbonyl (C=O) groups excluding carboxylic acids is 1. The molecule has 0 spiro atoms. The highest BCUT2D eigenvalue weighted by Gasteiger charge is 2.13. The lowest BCUT2D eigenvalue weighted by molar-refractivity contribution is -0.119. The number of benzene rings is 1. The van der Waals surface area contributed by atoms with Crippen LogP contribution in [0.2, 0.25) is 0 Å². The van der Waals surface area contributed by atoms with E-state index >= 15 is 0 Å². The third-order valence-corrected chi connectivity index (χ3v) is 2.20. The van der Waals surface area contributed by atoms with Crippen LogP contribution in [0.3, 0.4) is 0 Å². The number of hydrogen-bond donors (Lipinski definition) is 1. The minimum Gasteiger partial charge on any atom is -0.454 e. The van der Waals surface area contributed by atoms with E-state index in [0.29, 0.717) is 18.0 Å². The maximum Gasteiger partial charge on any atom is 0.231 e. The third kappa shape index (κ3) is 2.79. The number of nitrogens with one attached hydrogen (secondary N) is 1. The van der Waals surface area contributed by atoms with Crippen LogP contribution >= 0.6 is 0 Å². The monoisotopic (exact) mass is 234 g/mol. The van der Waals surface area contributed by atoms with Crippen molar-refractivity contribution in [3.8, 4) is 11.5 Å². The lowest BCUT2D eigenvalue weighted by Crippen LogP contribution is -2.24. The molecule has 1 aromatic carbocycles. The average molecular weight is 234 g/mol. The van der Waals surface area contributed by atoms with Gasteiger partial charge >= 0.3 is 0 Å². The molecule has 0 aromatic heterocycles. The molecule has 1 aromatic rings. The van der Waals surface area contributed by atoms with Gasteiger partial charge in [0.25, 0.3) is 0 Å². The molecule has 1 heterocycles.